The van der Waals surface area contributed by atoms with E-state index in [1.54, 1.807) is 24.3 Å². The average molecular weight is 395 g/mol. The van der Waals surface area contributed by atoms with Crippen LogP contribution in [0.4, 0.5) is 0 Å². The van der Waals surface area contributed by atoms with Crippen LogP contribution in [-0.4, -0.2) is 41.1 Å². The standard InChI is InChI=1S/C16H15ClN4O2S2/c17-12-4-1-3-11(9-12)14-10-18-7-8-21(14)25(22,23)15-6-2-5-13-16(15)20-24-19-13/h1-6,9,14,18H,7-8,10H2. The number of sulfonamides is 1. The highest BCUT2D eigenvalue weighted by Gasteiger charge is 2.35. The number of hydrogen-bond acceptors (Lipinski definition) is 6. The van der Waals surface area contributed by atoms with Gasteiger partial charge in [-0.05, 0) is 29.8 Å². The Labute approximate surface area is 154 Å². The van der Waals surface area contributed by atoms with Gasteiger partial charge in [0, 0.05) is 24.7 Å². The number of hydrogen-bond donors (Lipinski definition) is 1. The lowest BCUT2D eigenvalue weighted by Crippen LogP contribution is -2.48. The molecular formula is C16H15ClN4O2S2. The highest BCUT2D eigenvalue weighted by Crippen LogP contribution is 2.32. The summed E-state index contributed by atoms with van der Waals surface area (Å²) in [7, 11) is -3.71. The minimum absolute atomic E-state index is 0.202. The van der Waals surface area contributed by atoms with Gasteiger partial charge in [0.1, 0.15) is 15.9 Å². The minimum Gasteiger partial charge on any atom is -0.313 e. The Hall–Kier alpha value is -1.58. The summed E-state index contributed by atoms with van der Waals surface area (Å²) < 4.78 is 36.6. The van der Waals surface area contributed by atoms with Crippen molar-refractivity contribution in [3.8, 4) is 0 Å². The lowest BCUT2D eigenvalue weighted by Gasteiger charge is -2.35. The third-order valence-corrected chi connectivity index (χ3v) is 6.98. The van der Waals surface area contributed by atoms with E-state index in [1.807, 2.05) is 18.2 Å². The third kappa shape index (κ3) is 3.04. The third-order valence-electron chi connectivity index (χ3n) is 4.26. The summed E-state index contributed by atoms with van der Waals surface area (Å²) in [4.78, 5) is 0.202. The summed E-state index contributed by atoms with van der Waals surface area (Å²) in [6.45, 7) is 1.51. The summed E-state index contributed by atoms with van der Waals surface area (Å²) >= 11 is 7.12. The molecule has 1 aromatic heterocycles. The number of aromatic nitrogens is 2. The van der Waals surface area contributed by atoms with Crippen LogP contribution < -0.4 is 5.32 Å². The second kappa shape index (κ2) is 6.62. The monoisotopic (exact) mass is 394 g/mol. The molecule has 4 rings (SSSR count). The molecule has 2 heterocycles. The Morgan fingerprint density at radius 2 is 2.04 bits per heavy atom. The fourth-order valence-electron chi connectivity index (χ4n) is 3.09. The number of nitrogens with one attached hydrogen (secondary N) is 1. The number of benzene rings is 2. The van der Waals surface area contributed by atoms with Crippen LogP contribution in [0.1, 0.15) is 11.6 Å². The summed E-state index contributed by atoms with van der Waals surface area (Å²) in [5.74, 6) is 0. The predicted molar refractivity (Wildman–Crippen MR) is 98.4 cm³/mol. The van der Waals surface area contributed by atoms with E-state index in [9.17, 15) is 8.42 Å². The molecule has 1 fully saturated rings. The van der Waals surface area contributed by atoms with Gasteiger partial charge in [0.15, 0.2) is 0 Å². The molecule has 3 aromatic rings. The van der Waals surface area contributed by atoms with Gasteiger partial charge < -0.3 is 5.32 Å². The largest absolute Gasteiger partial charge is 0.313 e. The number of fused-ring (bicyclic) bond motifs is 1. The van der Waals surface area contributed by atoms with Crippen LogP contribution >= 0.6 is 23.3 Å². The first-order valence-corrected chi connectivity index (χ1v) is 10.3. The molecule has 0 spiro atoms. The summed E-state index contributed by atoms with van der Waals surface area (Å²) in [6, 6.07) is 12.1. The van der Waals surface area contributed by atoms with Gasteiger partial charge in [0.25, 0.3) is 0 Å². The molecule has 25 heavy (non-hydrogen) atoms. The first-order valence-electron chi connectivity index (χ1n) is 7.77. The van der Waals surface area contributed by atoms with Crippen molar-refractivity contribution in [2.24, 2.45) is 0 Å². The number of rotatable bonds is 3. The van der Waals surface area contributed by atoms with Crippen LogP contribution in [0.25, 0.3) is 11.0 Å². The van der Waals surface area contributed by atoms with Gasteiger partial charge >= 0.3 is 0 Å². The van der Waals surface area contributed by atoms with Crippen LogP contribution in [0.3, 0.4) is 0 Å². The Kier molecular flexibility index (Phi) is 4.47. The normalized spacial score (nSPS) is 19.3. The fraction of sp³-hybridized carbons (Fsp3) is 0.250. The molecule has 9 heteroatoms. The zero-order chi connectivity index (χ0) is 17.4. The molecule has 1 N–H and O–H groups in total. The van der Waals surface area contributed by atoms with Crippen molar-refractivity contribution in [1.82, 2.24) is 18.4 Å². The van der Waals surface area contributed by atoms with Gasteiger partial charge in [-0.1, -0.05) is 29.8 Å². The quantitative estimate of drug-likeness (QED) is 0.739. The first kappa shape index (κ1) is 16.9. The van der Waals surface area contributed by atoms with Gasteiger partial charge in [-0.3, -0.25) is 0 Å². The van der Waals surface area contributed by atoms with Crippen molar-refractivity contribution in [2.45, 2.75) is 10.9 Å². The second-order valence-corrected chi connectivity index (χ2v) is 8.60. The van der Waals surface area contributed by atoms with E-state index < -0.39 is 10.0 Å². The smallest absolute Gasteiger partial charge is 0.245 e. The van der Waals surface area contributed by atoms with E-state index in [0.29, 0.717) is 35.7 Å². The van der Waals surface area contributed by atoms with E-state index in [1.165, 1.54) is 4.31 Å². The highest BCUT2D eigenvalue weighted by atomic mass is 35.5. The van der Waals surface area contributed by atoms with Gasteiger partial charge in [0.05, 0.1) is 17.8 Å². The van der Waals surface area contributed by atoms with Crippen molar-refractivity contribution in [3.05, 3.63) is 53.1 Å². The fourth-order valence-corrected chi connectivity index (χ4v) is 5.65. The SMILES string of the molecule is O=S(=O)(c1cccc2nsnc12)N1CCNCC1c1cccc(Cl)c1. The van der Waals surface area contributed by atoms with Crippen molar-refractivity contribution < 1.29 is 8.42 Å². The van der Waals surface area contributed by atoms with Crippen LogP contribution in [0.5, 0.6) is 0 Å². The Bertz CT molecular complexity index is 1020. The molecule has 1 atom stereocenters. The lowest BCUT2D eigenvalue weighted by atomic mass is 10.1. The molecule has 1 unspecified atom stereocenters. The Morgan fingerprint density at radius 1 is 1.20 bits per heavy atom. The number of piperazine rings is 1. The van der Waals surface area contributed by atoms with Crippen LogP contribution in [-0.2, 0) is 10.0 Å². The maximum Gasteiger partial charge on any atom is 0.245 e. The molecule has 0 bridgehead atoms. The molecule has 0 aliphatic carbocycles. The zero-order valence-corrected chi connectivity index (χ0v) is 15.5. The highest BCUT2D eigenvalue weighted by molar-refractivity contribution is 7.89. The van der Waals surface area contributed by atoms with Gasteiger partial charge in [-0.2, -0.15) is 13.1 Å². The van der Waals surface area contributed by atoms with E-state index in [0.717, 1.165) is 17.3 Å². The molecule has 1 aliphatic rings. The molecular weight excluding hydrogens is 380 g/mol. The summed E-state index contributed by atoms with van der Waals surface area (Å²) in [5, 5.41) is 3.85. The van der Waals surface area contributed by atoms with E-state index in [4.69, 9.17) is 11.6 Å². The van der Waals surface area contributed by atoms with Gasteiger partial charge in [-0.25, -0.2) is 8.42 Å². The molecule has 0 radical (unpaired) electrons. The maximum absolute atomic E-state index is 13.4. The molecule has 2 aromatic carbocycles. The van der Waals surface area contributed by atoms with Crippen molar-refractivity contribution in [3.63, 3.8) is 0 Å². The van der Waals surface area contributed by atoms with Crippen molar-refractivity contribution in [2.75, 3.05) is 19.6 Å². The van der Waals surface area contributed by atoms with Crippen molar-refractivity contribution in [1.29, 1.82) is 0 Å². The van der Waals surface area contributed by atoms with E-state index in [-0.39, 0.29) is 10.9 Å². The predicted octanol–water partition coefficient (Wildman–Crippen LogP) is 2.68. The lowest BCUT2D eigenvalue weighted by molar-refractivity contribution is 0.271. The average Bonchev–Trinajstić information content (AvgIpc) is 3.10. The molecule has 1 saturated heterocycles. The van der Waals surface area contributed by atoms with E-state index in [2.05, 4.69) is 14.1 Å². The van der Waals surface area contributed by atoms with Crippen LogP contribution in [0, 0.1) is 0 Å². The summed E-state index contributed by atoms with van der Waals surface area (Å²) in [6.07, 6.45) is 0. The van der Waals surface area contributed by atoms with Gasteiger partial charge in [-0.15, -0.1) is 0 Å². The summed E-state index contributed by atoms with van der Waals surface area (Å²) in [5.41, 5.74) is 1.89. The molecule has 130 valence electrons. The molecule has 0 saturated carbocycles. The zero-order valence-electron chi connectivity index (χ0n) is 13.1. The number of halogens is 1. The Morgan fingerprint density at radius 3 is 2.88 bits per heavy atom. The topological polar surface area (TPSA) is 75.2 Å². The van der Waals surface area contributed by atoms with Gasteiger partial charge in [0.2, 0.25) is 10.0 Å². The first-order chi connectivity index (χ1) is 12.1. The molecule has 6 nitrogen and oxygen atoms in total. The number of nitrogens with zero attached hydrogens (tertiary/aromatic N) is 3. The molecule has 1 aliphatic heterocycles. The van der Waals surface area contributed by atoms with Crippen molar-refractivity contribution >= 4 is 44.4 Å². The van der Waals surface area contributed by atoms with E-state index >= 15 is 0 Å². The second-order valence-electron chi connectivity index (χ2n) is 5.78. The minimum atomic E-state index is -3.71. The maximum atomic E-state index is 13.4. The van der Waals surface area contributed by atoms with Crippen LogP contribution in [0.15, 0.2) is 47.4 Å². The molecule has 0 amide bonds. The Balaban J connectivity index is 1.81. The van der Waals surface area contributed by atoms with Crippen LogP contribution in [0.2, 0.25) is 5.02 Å².